The maximum Gasteiger partial charge on any atom is 0.0473 e. The van der Waals surface area contributed by atoms with E-state index in [4.69, 9.17) is 0 Å². The molecule has 0 aliphatic carbocycles. The van der Waals surface area contributed by atoms with Crippen LogP contribution in [0.25, 0.3) is 0 Å². The first kappa shape index (κ1) is 29.7. The molecular weight excluding hydrogens is 417 g/mol. The number of hydrogen-bond donors (Lipinski definition) is 0. The molecule has 1 aliphatic heterocycles. The van der Waals surface area contributed by atoms with E-state index in [1.807, 2.05) is 0 Å². The van der Waals surface area contributed by atoms with Gasteiger partial charge < -0.3 is 13.1 Å². The average Bonchev–Trinajstić information content (AvgIpc) is 2.07. The van der Waals surface area contributed by atoms with Crippen molar-refractivity contribution in [2.75, 3.05) is 0 Å². The molecule has 0 unspecified atom stereocenters. The fourth-order valence-corrected chi connectivity index (χ4v) is 8.08. The molecule has 1 aliphatic rings. The van der Waals surface area contributed by atoms with Crippen LogP contribution < -0.4 is 0 Å². The molecule has 0 atom stereocenters. The summed E-state index contributed by atoms with van der Waals surface area (Å²) in [5, 5.41) is 0. The monoisotopic (exact) mass is 463 g/mol. The summed E-state index contributed by atoms with van der Waals surface area (Å²) in [5.41, 5.74) is 0. The molecule has 23 heavy (non-hydrogen) atoms. The average molecular weight is 464 g/mol. The summed E-state index contributed by atoms with van der Waals surface area (Å²) in [6.45, 7) is 31.4. The van der Waals surface area contributed by atoms with Gasteiger partial charge in [-0.05, 0) is 0 Å². The first-order valence-electron chi connectivity index (χ1n) is 9.12. The van der Waals surface area contributed by atoms with Crippen molar-refractivity contribution >= 4 is 32.3 Å². The molecule has 1 rings (SSSR count). The van der Waals surface area contributed by atoms with Crippen molar-refractivity contribution in [3.05, 3.63) is 13.1 Å². The van der Waals surface area contributed by atoms with Crippen LogP contribution in [-0.2, 0) is 32.7 Å². The van der Waals surface area contributed by atoms with E-state index in [2.05, 4.69) is 78.6 Å². The topological polar surface area (TPSA) is 0 Å². The van der Waals surface area contributed by atoms with E-state index in [1.165, 1.54) is 0 Å². The van der Waals surface area contributed by atoms with Crippen LogP contribution in [-0.4, -0.2) is 32.3 Å². The largest absolute Gasteiger partial charge is 0.342 e. The SMILES string of the molecule is C[Si]1(C)CCC[Si](C)(C)CCC1.[CH2-][Si](C)(C)C.[CH2-][Si](C)(C)C.[Y]. The van der Waals surface area contributed by atoms with Gasteiger partial charge >= 0.3 is 0 Å². The first-order valence-corrected chi connectivity index (χ1v) is 23.4. The Kier molecular flexibility index (Phi) is 16.0. The molecule has 1 heterocycles. The molecule has 0 saturated carbocycles. The molecule has 0 N–H and O–H groups in total. The molecule has 1 fully saturated rings. The zero-order valence-electron chi connectivity index (χ0n) is 18.2. The van der Waals surface area contributed by atoms with E-state index in [0.29, 0.717) is 0 Å². The van der Waals surface area contributed by atoms with Gasteiger partial charge in [0.1, 0.15) is 0 Å². The van der Waals surface area contributed by atoms with E-state index in [1.54, 1.807) is 37.0 Å². The summed E-state index contributed by atoms with van der Waals surface area (Å²) in [4.78, 5) is 0. The van der Waals surface area contributed by atoms with Crippen molar-refractivity contribution in [3.8, 4) is 0 Å². The van der Waals surface area contributed by atoms with Gasteiger partial charge in [-0.3, -0.25) is 0 Å². The third kappa shape index (κ3) is 35.8. The van der Waals surface area contributed by atoms with Gasteiger partial charge in [-0.2, -0.15) is 0 Å². The summed E-state index contributed by atoms with van der Waals surface area (Å²) >= 11 is 0. The van der Waals surface area contributed by atoms with E-state index in [0.717, 1.165) is 0 Å². The van der Waals surface area contributed by atoms with Crippen molar-refractivity contribution in [2.45, 2.75) is 102 Å². The second kappa shape index (κ2) is 12.4. The maximum atomic E-state index is 3.91. The third-order valence-electron chi connectivity index (χ3n) is 3.41. The normalized spacial score (nSPS) is 20.3. The predicted octanol–water partition coefficient (Wildman–Crippen LogP) is 7.59. The van der Waals surface area contributed by atoms with E-state index in [9.17, 15) is 0 Å². The van der Waals surface area contributed by atoms with Crippen LogP contribution in [0.4, 0.5) is 0 Å². The van der Waals surface area contributed by atoms with Crippen LogP contribution in [0, 0.1) is 13.1 Å². The van der Waals surface area contributed by atoms with Gasteiger partial charge in [-0.1, -0.05) is 102 Å². The van der Waals surface area contributed by atoms with Crippen molar-refractivity contribution in [3.63, 3.8) is 0 Å². The zero-order valence-corrected chi connectivity index (χ0v) is 25.1. The second-order valence-corrected chi connectivity index (χ2v) is 32.1. The molecule has 0 spiro atoms. The quantitative estimate of drug-likeness (QED) is 0.256. The van der Waals surface area contributed by atoms with Gasteiger partial charge in [-0.15, -0.1) is 16.1 Å². The number of hydrogen-bond acceptors (Lipinski definition) is 0. The Morgan fingerprint density at radius 1 is 0.565 bits per heavy atom. The number of rotatable bonds is 0. The van der Waals surface area contributed by atoms with Crippen LogP contribution >= 0.6 is 0 Å². The van der Waals surface area contributed by atoms with E-state index < -0.39 is 32.3 Å². The molecule has 0 aromatic rings. The fraction of sp³-hybridized carbons (Fsp3) is 0.889. The Balaban J connectivity index is -0.000000307. The molecule has 5 heteroatoms. The first-order chi connectivity index (χ1) is 9.41. The Morgan fingerprint density at radius 2 is 0.696 bits per heavy atom. The van der Waals surface area contributed by atoms with Crippen molar-refractivity contribution in [2.24, 2.45) is 0 Å². The molecule has 1 radical (unpaired) electrons. The molecule has 0 amide bonds. The molecular formula is C18H46Si4Y-2. The fourth-order valence-electron chi connectivity index (χ4n) is 2.34. The molecule has 0 bridgehead atoms. The Hall–Kier alpha value is 1.97. The Labute approximate surface area is 179 Å². The van der Waals surface area contributed by atoms with E-state index >= 15 is 0 Å². The van der Waals surface area contributed by atoms with Crippen LogP contribution in [0.15, 0.2) is 0 Å². The van der Waals surface area contributed by atoms with Crippen LogP contribution in [0.2, 0.25) is 89.6 Å². The predicted molar refractivity (Wildman–Crippen MR) is 121 cm³/mol. The standard InChI is InChI=1S/C10H24Si2.2C4H11Si.Y/c1-11(2)7-5-9-12(3,4)10-6-8-11;2*1-5(2,3)4;/h5-10H2,1-4H3;2*1H2,2-4H3;/q;2*-1;. The molecule has 0 aromatic carbocycles. The Morgan fingerprint density at radius 3 is 0.826 bits per heavy atom. The van der Waals surface area contributed by atoms with E-state index in [-0.39, 0.29) is 32.7 Å². The third-order valence-corrected chi connectivity index (χ3v) is 10.2. The Bertz CT molecular complexity index is 234. The zero-order chi connectivity index (χ0) is 18.2. The van der Waals surface area contributed by atoms with Crippen LogP contribution in [0.3, 0.4) is 0 Å². The smallest absolute Gasteiger partial charge is 0.0473 e. The second-order valence-electron chi connectivity index (χ2n) is 11.2. The summed E-state index contributed by atoms with van der Waals surface area (Å²) in [6, 6.07) is 6.40. The maximum absolute atomic E-state index is 3.91. The minimum Gasteiger partial charge on any atom is -0.342 e. The van der Waals surface area contributed by atoms with Gasteiger partial charge in [0.25, 0.3) is 0 Å². The summed E-state index contributed by atoms with van der Waals surface area (Å²) in [7, 11) is -3.15. The molecule has 0 aromatic heterocycles. The van der Waals surface area contributed by atoms with Crippen molar-refractivity contribution in [1.82, 2.24) is 0 Å². The van der Waals surface area contributed by atoms with Gasteiger partial charge in [0.2, 0.25) is 0 Å². The summed E-state index contributed by atoms with van der Waals surface area (Å²) < 4.78 is 0. The van der Waals surface area contributed by atoms with Crippen molar-refractivity contribution in [1.29, 1.82) is 0 Å². The van der Waals surface area contributed by atoms with Gasteiger partial charge in [0.05, 0.1) is 0 Å². The minimum atomic E-state index is -0.861. The summed E-state index contributed by atoms with van der Waals surface area (Å²) in [6.07, 6.45) is 3.11. The van der Waals surface area contributed by atoms with Gasteiger partial charge in [0.15, 0.2) is 0 Å². The van der Waals surface area contributed by atoms with Crippen LogP contribution in [0.1, 0.15) is 12.8 Å². The molecule has 0 nitrogen and oxygen atoms in total. The van der Waals surface area contributed by atoms with Crippen molar-refractivity contribution < 1.29 is 32.7 Å². The molecule has 139 valence electrons. The molecule has 1 saturated heterocycles. The van der Waals surface area contributed by atoms with Gasteiger partial charge in [0, 0.05) is 48.9 Å². The summed E-state index contributed by atoms with van der Waals surface area (Å²) in [5.74, 6) is 0. The minimum absolute atomic E-state index is 0. The van der Waals surface area contributed by atoms with Crippen LogP contribution in [0.5, 0.6) is 0 Å². The van der Waals surface area contributed by atoms with Gasteiger partial charge in [-0.25, -0.2) is 0 Å².